The Morgan fingerprint density at radius 2 is 1.38 bits per heavy atom. The van der Waals surface area contributed by atoms with E-state index >= 15 is 0 Å². The van der Waals surface area contributed by atoms with Crippen molar-refractivity contribution in [2.45, 2.75) is 156 Å². The first-order valence-corrected chi connectivity index (χ1v) is 16.8. The molecule has 0 aromatic heterocycles. The van der Waals surface area contributed by atoms with Gasteiger partial charge in [0.25, 0.3) is 0 Å². The lowest BCUT2D eigenvalue weighted by molar-refractivity contribution is 0.392. The molecule has 0 unspecified atom stereocenters. The average Bonchev–Trinajstić information content (AvgIpc) is 2.98. The molecule has 0 saturated carbocycles. The molecule has 242 valence electrons. The predicted molar refractivity (Wildman–Crippen MR) is 201 cm³/mol. The highest BCUT2D eigenvalue weighted by Gasteiger charge is 2.24. The van der Waals surface area contributed by atoms with Gasteiger partial charge >= 0.3 is 0 Å². The highest BCUT2D eigenvalue weighted by atomic mass is 14.3. The molecule has 0 aromatic rings. The van der Waals surface area contributed by atoms with E-state index in [9.17, 15) is 0 Å². The molecule has 0 radical (unpaired) electrons. The van der Waals surface area contributed by atoms with Crippen LogP contribution in [0.3, 0.4) is 0 Å². The fourth-order valence-electron chi connectivity index (χ4n) is 4.24. The van der Waals surface area contributed by atoms with Gasteiger partial charge in [0, 0.05) is 0 Å². The molecule has 1 aliphatic carbocycles. The van der Waals surface area contributed by atoms with Crippen LogP contribution in [0.25, 0.3) is 0 Å². The summed E-state index contributed by atoms with van der Waals surface area (Å²) in [7, 11) is 0. The van der Waals surface area contributed by atoms with Crippen molar-refractivity contribution in [2.24, 2.45) is 5.41 Å². The maximum absolute atomic E-state index is 4.06. The number of rotatable bonds is 12. The maximum Gasteiger partial charge on any atom is -0.0138 e. The SMILES string of the molecule is C=C(C)/C(=C\C)C(=C)CCCC.C=C(C)/C(C)=C/C(/C=C\C)=C(/C)CCC(C)(C)C1=CC=C(C)CC1.CC.CC.CC. The molecule has 1 rings (SSSR count). The van der Waals surface area contributed by atoms with E-state index in [0.29, 0.717) is 0 Å². The molecule has 0 aromatic carbocycles. The molecular formula is C42H74. The van der Waals surface area contributed by atoms with Crippen molar-refractivity contribution in [1.29, 1.82) is 0 Å². The van der Waals surface area contributed by atoms with Crippen LogP contribution in [-0.4, -0.2) is 0 Å². The molecule has 42 heavy (non-hydrogen) atoms. The first kappa shape index (κ1) is 46.6. The summed E-state index contributed by atoms with van der Waals surface area (Å²) in [4.78, 5) is 0. The van der Waals surface area contributed by atoms with Crippen LogP contribution >= 0.6 is 0 Å². The molecule has 0 spiro atoms. The van der Waals surface area contributed by atoms with E-state index in [1.165, 1.54) is 65.5 Å². The lowest BCUT2D eigenvalue weighted by atomic mass is 9.75. The zero-order chi connectivity index (χ0) is 33.9. The van der Waals surface area contributed by atoms with Crippen molar-refractivity contribution < 1.29 is 0 Å². The maximum atomic E-state index is 4.06. The third-order valence-electron chi connectivity index (χ3n) is 7.20. The standard InChI is InChI=1S/C24H36.C12H20.3C2H6/c1-9-10-22(17-21(6)18(2)3)20(5)15-16-24(7,8)23-13-11-19(4)12-14-23;1-6-8-9-11(5)12(7-2)10(3)4;3*1-2/h9-11,13,17H,2,12,14-16H2,1,3-8H3;7H,3,5-6,8-9H2,1-2,4H3;3*1-2H3/b10-9-,21-17+,22-20-;12-7+;;;. The van der Waals surface area contributed by atoms with E-state index in [1.54, 1.807) is 5.57 Å². The minimum atomic E-state index is 0.270. The van der Waals surface area contributed by atoms with E-state index in [1.807, 2.05) is 55.4 Å². The fraction of sp³-hybridized carbons (Fsp3) is 0.571. The van der Waals surface area contributed by atoms with Gasteiger partial charge in [-0.3, -0.25) is 0 Å². The van der Waals surface area contributed by atoms with Crippen molar-refractivity contribution in [3.05, 3.63) is 106 Å². The summed E-state index contributed by atoms with van der Waals surface area (Å²) in [6, 6.07) is 0. The van der Waals surface area contributed by atoms with Crippen LogP contribution < -0.4 is 0 Å². The van der Waals surface area contributed by atoms with Crippen LogP contribution in [0.15, 0.2) is 106 Å². The summed E-state index contributed by atoms with van der Waals surface area (Å²) < 4.78 is 0. The van der Waals surface area contributed by atoms with Crippen molar-refractivity contribution >= 4 is 0 Å². The Morgan fingerprint density at radius 1 is 0.833 bits per heavy atom. The first-order valence-electron chi connectivity index (χ1n) is 16.8. The molecule has 0 fully saturated rings. The average molecular weight is 579 g/mol. The molecule has 0 heteroatoms. The molecule has 1 aliphatic rings. The molecule has 0 bridgehead atoms. The van der Waals surface area contributed by atoms with Gasteiger partial charge in [-0.25, -0.2) is 0 Å². The zero-order valence-corrected chi connectivity index (χ0v) is 31.5. The lowest BCUT2D eigenvalue weighted by Crippen LogP contribution is -2.16. The van der Waals surface area contributed by atoms with Gasteiger partial charge in [-0.05, 0) is 115 Å². The normalized spacial score (nSPS) is 13.7. The van der Waals surface area contributed by atoms with E-state index in [-0.39, 0.29) is 5.41 Å². The summed E-state index contributed by atoms with van der Waals surface area (Å²) in [5, 5.41) is 0. The van der Waals surface area contributed by atoms with E-state index in [2.05, 4.69) is 112 Å². The molecule has 0 N–H and O–H groups in total. The van der Waals surface area contributed by atoms with Gasteiger partial charge in [0.1, 0.15) is 0 Å². The first-order chi connectivity index (χ1) is 19.8. The van der Waals surface area contributed by atoms with Crippen LogP contribution in [-0.2, 0) is 0 Å². The third-order valence-corrected chi connectivity index (χ3v) is 7.20. The summed E-state index contributed by atoms with van der Waals surface area (Å²) in [5.74, 6) is 0. The van der Waals surface area contributed by atoms with Gasteiger partial charge < -0.3 is 0 Å². The van der Waals surface area contributed by atoms with Crippen LogP contribution in [0.4, 0.5) is 0 Å². The lowest BCUT2D eigenvalue weighted by Gasteiger charge is -2.30. The minimum absolute atomic E-state index is 0.270. The van der Waals surface area contributed by atoms with Crippen molar-refractivity contribution in [1.82, 2.24) is 0 Å². The van der Waals surface area contributed by atoms with E-state index in [0.717, 1.165) is 24.0 Å². The Morgan fingerprint density at radius 3 is 1.76 bits per heavy atom. The van der Waals surface area contributed by atoms with Gasteiger partial charge in [-0.2, -0.15) is 0 Å². The molecular weight excluding hydrogens is 504 g/mol. The van der Waals surface area contributed by atoms with E-state index < -0.39 is 0 Å². The van der Waals surface area contributed by atoms with Gasteiger partial charge in [0.05, 0.1) is 0 Å². The Labute approximate surface area is 267 Å². The predicted octanol–water partition coefficient (Wildman–Crippen LogP) is 15.2. The van der Waals surface area contributed by atoms with Gasteiger partial charge in [0.15, 0.2) is 0 Å². The van der Waals surface area contributed by atoms with Crippen LogP contribution in [0.5, 0.6) is 0 Å². The molecule has 0 saturated heterocycles. The molecule has 0 atom stereocenters. The second-order valence-corrected chi connectivity index (χ2v) is 11.1. The Hall–Kier alpha value is -2.34. The van der Waals surface area contributed by atoms with Crippen molar-refractivity contribution in [2.75, 3.05) is 0 Å². The Balaban J connectivity index is -0.000000337. The second kappa shape index (κ2) is 28.8. The molecule has 0 nitrogen and oxygen atoms in total. The van der Waals surface area contributed by atoms with Gasteiger partial charge in [-0.15, -0.1) is 0 Å². The summed E-state index contributed by atoms with van der Waals surface area (Å²) in [6.07, 6.45) is 21.7. The van der Waals surface area contributed by atoms with Crippen molar-refractivity contribution in [3.63, 3.8) is 0 Å². The molecule has 0 amide bonds. The van der Waals surface area contributed by atoms with Crippen LogP contribution in [0.2, 0.25) is 0 Å². The van der Waals surface area contributed by atoms with Crippen LogP contribution in [0, 0.1) is 5.41 Å². The molecule has 0 aliphatic heterocycles. The quantitative estimate of drug-likeness (QED) is 0.202. The highest BCUT2D eigenvalue weighted by molar-refractivity contribution is 5.43. The number of hydrogen-bond donors (Lipinski definition) is 0. The van der Waals surface area contributed by atoms with E-state index in [4.69, 9.17) is 0 Å². The number of allylic oxidation sites excluding steroid dienone is 15. The summed E-state index contributed by atoms with van der Waals surface area (Å²) in [6.45, 7) is 45.9. The molecule has 0 heterocycles. The third kappa shape index (κ3) is 21.4. The number of hydrogen-bond acceptors (Lipinski definition) is 0. The van der Waals surface area contributed by atoms with Crippen molar-refractivity contribution in [3.8, 4) is 0 Å². The summed E-state index contributed by atoms with van der Waals surface area (Å²) >= 11 is 0. The summed E-state index contributed by atoms with van der Waals surface area (Å²) in [5.41, 5.74) is 12.2. The fourth-order valence-corrected chi connectivity index (χ4v) is 4.24. The Kier molecular flexibility index (Phi) is 31.9. The van der Waals surface area contributed by atoms with Gasteiger partial charge in [-0.1, -0.05) is 153 Å². The highest BCUT2D eigenvalue weighted by Crippen LogP contribution is 2.38. The topological polar surface area (TPSA) is 0 Å². The Bertz CT molecular complexity index is 944. The zero-order valence-electron chi connectivity index (χ0n) is 31.5. The second-order valence-electron chi connectivity index (χ2n) is 11.1. The monoisotopic (exact) mass is 579 g/mol. The van der Waals surface area contributed by atoms with Crippen LogP contribution in [0.1, 0.15) is 156 Å². The minimum Gasteiger partial charge on any atom is -0.0958 e. The van der Waals surface area contributed by atoms with Gasteiger partial charge in [0.2, 0.25) is 0 Å². The largest absolute Gasteiger partial charge is 0.0958 e. The smallest absolute Gasteiger partial charge is 0.0138 e. The number of unbranched alkanes of at least 4 members (excludes halogenated alkanes) is 1.